The van der Waals surface area contributed by atoms with Crippen molar-refractivity contribution < 1.29 is 28.6 Å². The molecule has 3 amide bonds. The Hall–Kier alpha value is -5.16. The molecular weight excluding hydrogens is 634 g/mol. The Morgan fingerprint density at radius 3 is 2.54 bits per heavy atom. The Bertz CT molecular complexity index is 2020. The number of hydrogen-bond donors (Lipinski definition) is 5. The monoisotopic (exact) mass is 675 g/mol. The summed E-state index contributed by atoms with van der Waals surface area (Å²) in [5.41, 5.74) is 4.54. The molecule has 4 bridgehead atoms. The zero-order chi connectivity index (χ0) is 34.9. The average molecular weight is 676 g/mol. The van der Waals surface area contributed by atoms with Crippen LogP contribution in [0.3, 0.4) is 0 Å². The highest BCUT2D eigenvalue weighted by atomic mass is 16.5. The molecule has 50 heavy (non-hydrogen) atoms. The van der Waals surface area contributed by atoms with E-state index in [4.69, 9.17) is 14.1 Å². The normalized spacial score (nSPS) is 24.9. The minimum Gasteiger partial charge on any atom is -0.469 e. The molecule has 3 aromatic carbocycles. The summed E-state index contributed by atoms with van der Waals surface area (Å²) in [5, 5.41) is 23.2. The van der Waals surface area contributed by atoms with E-state index < -0.39 is 41.6 Å². The van der Waals surface area contributed by atoms with Crippen LogP contribution in [0, 0.1) is 11.8 Å². The van der Waals surface area contributed by atoms with Crippen LogP contribution in [0.5, 0.6) is 5.75 Å². The molecule has 4 aliphatic rings. The Labute approximate surface area is 290 Å². The Morgan fingerprint density at radius 1 is 0.960 bits per heavy atom. The third kappa shape index (κ3) is 4.97. The first-order chi connectivity index (χ1) is 24.1. The molecule has 0 fully saturated rings. The van der Waals surface area contributed by atoms with Gasteiger partial charge in [0.25, 0.3) is 5.91 Å². The van der Waals surface area contributed by atoms with Crippen LogP contribution in [-0.4, -0.2) is 46.2 Å². The van der Waals surface area contributed by atoms with Gasteiger partial charge in [0.1, 0.15) is 29.4 Å². The molecule has 0 radical (unpaired) electrons. The number of benzene rings is 3. The van der Waals surface area contributed by atoms with Crippen molar-refractivity contribution in [1.82, 2.24) is 20.9 Å². The fourth-order valence-electron chi connectivity index (χ4n) is 7.95. The largest absolute Gasteiger partial charge is 0.469 e. The first-order valence-corrected chi connectivity index (χ1v) is 17.4. The van der Waals surface area contributed by atoms with Gasteiger partial charge in [0.05, 0.1) is 6.04 Å². The summed E-state index contributed by atoms with van der Waals surface area (Å²) in [7, 11) is 0. The number of nitrogens with zero attached hydrogens (tertiary/aromatic N) is 1. The van der Waals surface area contributed by atoms with E-state index in [-0.39, 0.29) is 41.8 Å². The number of nitrogens with one attached hydrogen (secondary N) is 4. The van der Waals surface area contributed by atoms with E-state index in [1.54, 1.807) is 13.8 Å². The lowest BCUT2D eigenvalue weighted by Crippen LogP contribution is -2.52. The van der Waals surface area contributed by atoms with Crippen molar-refractivity contribution >= 4 is 23.4 Å². The van der Waals surface area contributed by atoms with Crippen molar-refractivity contribution in [3.8, 4) is 5.75 Å². The van der Waals surface area contributed by atoms with Crippen molar-refractivity contribution in [2.24, 2.45) is 11.8 Å². The van der Waals surface area contributed by atoms with Crippen LogP contribution < -0.4 is 26.0 Å². The Kier molecular flexibility index (Phi) is 7.70. The standard InChI is InChI=1S/C39H41N5O6/c1-19(2)30-37-44-31(35(47)40-26-15-14-22-9-5-6-10-23(22)26)33(50-37)39-24-11-7-8-12-27(24)42-38(39)49-29-16-13-21(17-25(29)39)18-28(34(46)43-30)41-36(48)32(45)20(3)4/h5-13,16-17,19-20,26,28,30,32,38,42,45H,14-15,18H2,1-4H3,(H,40,47)(H,41,48)(H,43,46)/t26?,28-,30-,32-,38?,39?/m0/s1. The van der Waals surface area contributed by atoms with Gasteiger partial charge >= 0.3 is 0 Å². The molecular formula is C39H41N5O6. The number of aryl methyl sites for hydroxylation is 1. The number of carbonyl (C=O) groups excluding carboxylic acids is 3. The topological polar surface area (TPSA) is 155 Å². The van der Waals surface area contributed by atoms with Gasteiger partial charge in [0, 0.05) is 17.7 Å². The first kappa shape index (κ1) is 32.1. The van der Waals surface area contributed by atoms with Gasteiger partial charge in [-0.15, -0.1) is 0 Å². The van der Waals surface area contributed by atoms with Crippen molar-refractivity contribution in [1.29, 1.82) is 0 Å². The molecule has 0 saturated carbocycles. The molecule has 3 aliphatic heterocycles. The van der Waals surface area contributed by atoms with Crippen molar-refractivity contribution in [3.05, 3.63) is 112 Å². The lowest BCUT2D eigenvalue weighted by atomic mass is 9.72. The number of aliphatic hydroxyl groups excluding tert-OH is 1. The SMILES string of the molecule is CC(C)[C@H](O)C(=O)N[C@H]1Cc2ccc3c(c2)C2(c4ccccc4NC2O3)c2oc(nc2C(=O)NC2CCc3ccccc32)[C@H](C(C)C)NC1=O. The van der Waals surface area contributed by atoms with Crippen LogP contribution >= 0.6 is 0 Å². The van der Waals surface area contributed by atoms with Crippen molar-refractivity contribution in [2.75, 3.05) is 5.32 Å². The second-order valence-corrected chi connectivity index (χ2v) is 14.5. The van der Waals surface area contributed by atoms with Gasteiger partial charge in [0.2, 0.25) is 17.7 Å². The minimum atomic E-state index is -1.29. The van der Waals surface area contributed by atoms with E-state index in [9.17, 15) is 19.5 Å². The van der Waals surface area contributed by atoms with E-state index in [2.05, 4.69) is 27.3 Å². The Balaban J connectivity index is 1.31. The molecule has 1 spiro atoms. The van der Waals surface area contributed by atoms with Crippen LogP contribution in [0.2, 0.25) is 0 Å². The first-order valence-electron chi connectivity index (χ1n) is 17.4. The number of amides is 3. The predicted molar refractivity (Wildman–Crippen MR) is 184 cm³/mol. The molecule has 4 aromatic rings. The van der Waals surface area contributed by atoms with Gasteiger partial charge in [-0.25, -0.2) is 4.98 Å². The van der Waals surface area contributed by atoms with Crippen molar-refractivity contribution in [2.45, 2.75) is 82.8 Å². The van der Waals surface area contributed by atoms with Crippen LogP contribution in [0.4, 0.5) is 5.69 Å². The second kappa shape index (κ2) is 12.0. The number of carbonyl (C=O) groups is 3. The average Bonchev–Trinajstić information content (AvgIpc) is 3.86. The number of aromatic nitrogens is 1. The third-order valence-electron chi connectivity index (χ3n) is 10.6. The number of rotatable bonds is 6. The fourth-order valence-corrected chi connectivity index (χ4v) is 7.95. The van der Waals surface area contributed by atoms with Gasteiger partial charge in [0.15, 0.2) is 17.7 Å². The van der Waals surface area contributed by atoms with Crippen LogP contribution in [0.15, 0.2) is 71.1 Å². The number of hydrogen-bond acceptors (Lipinski definition) is 8. The maximum absolute atomic E-state index is 14.5. The maximum atomic E-state index is 14.5. The number of oxazole rings is 1. The number of ether oxygens (including phenoxy) is 1. The lowest BCUT2D eigenvalue weighted by molar-refractivity contribution is -0.135. The van der Waals surface area contributed by atoms with E-state index in [0.29, 0.717) is 11.5 Å². The van der Waals surface area contributed by atoms with Crippen molar-refractivity contribution in [3.63, 3.8) is 0 Å². The molecule has 11 heteroatoms. The third-order valence-corrected chi connectivity index (χ3v) is 10.6. The van der Waals surface area contributed by atoms with Gasteiger partial charge in [-0.2, -0.15) is 0 Å². The molecule has 4 heterocycles. The van der Waals surface area contributed by atoms with E-state index in [1.807, 2.05) is 74.5 Å². The Morgan fingerprint density at radius 2 is 1.74 bits per heavy atom. The number of aliphatic hydroxyl groups is 1. The molecule has 1 aliphatic carbocycles. The molecule has 1 aromatic heterocycles. The molecule has 8 rings (SSSR count). The predicted octanol–water partition coefficient (Wildman–Crippen LogP) is 4.44. The summed E-state index contributed by atoms with van der Waals surface area (Å²) in [6, 6.07) is 19.7. The number of para-hydroxylation sites is 1. The molecule has 0 saturated heterocycles. The maximum Gasteiger partial charge on any atom is 0.274 e. The van der Waals surface area contributed by atoms with Crippen LogP contribution in [0.25, 0.3) is 0 Å². The van der Waals surface area contributed by atoms with Gasteiger partial charge in [-0.3, -0.25) is 14.4 Å². The van der Waals surface area contributed by atoms with E-state index in [1.165, 1.54) is 5.56 Å². The molecule has 6 atom stereocenters. The fraction of sp³-hybridized carbons (Fsp3) is 0.385. The summed E-state index contributed by atoms with van der Waals surface area (Å²) in [4.78, 5) is 46.6. The highest BCUT2D eigenvalue weighted by Gasteiger charge is 2.61. The summed E-state index contributed by atoms with van der Waals surface area (Å²) < 4.78 is 13.4. The smallest absolute Gasteiger partial charge is 0.274 e. The van der Waals surface area contributed by atoms with Crippen LogP contribution in [-0.2, 0) is 27.8 Å². The molecule has 3 unspecified atom stereocenters. The summed E-state index contributed by atoms with van der Waals surface area (Å²) in [5.74, 6) is -0.907. The van der Waals surface area contributed by atoms with E-state index >= 15 is 0 Å². The highest BCUT2D eigenvalue weighted by molar-refractivity contribution is 5.95. The van der Waals surface area contributed by atoms with Gasteiger partial charge in [-0.05, 0) is 59.1 Å². The number of anilines is 1. The zero-order valence-corrected chi connectivity index (χ0v) is 28.4. The van der Waals surface area contributed by atoms with Gasteiger partial charge < -0.3 is 35.5 Å². The number of fused-ring (bicyclic) bond motifs is 5. The summed E-state index contributed by atoms with van der Waals surface area (Å²) >= 11 is 0. The quantitative estimate of drug-likeness (QED) is 0.201. The second-order valence-electron chi connectivity index (χ2n) is 14.5. The highest BCUT2D eigenvalue weighted by Crippen LogP contribution is 2.58. The van der Waals surface area contributed by atoms with Crippen LogP contribution in [0.1, 0.15) is 96.2 Å². The molecule has 11 nitrogen and oxygen atoms in total. The summed E-state index contributed by atoms with van der Waals surface area (Å²) in [6.45, 7) is 7.34. The molecule has 5 N–H and O–H groups in total. The van der Waals surface area contributed by atoms with Gasteiger partial charge in [-0.1, -0.05) is 82.3 Å². The minimum absolute atomic E-state index is 0.124. The zero-order valence-electron chi connectivity index (χ0n) is 28.4. The lowest BCUT2D eigenvalue weighted by Gasteiger charge is -2.29. The molecule has 258 valence electrons. The summed E-state index contributed by atoms with van der Waals surface area (Å²) in [6.07, 6.45) is -0.167. The van der Waals surface area contributed by atoms with E-state index in [0.717, 1.165) is 40.8 Å².